The van der Waals surface area contributed by atoms with Gasteiger partial charge in [0, 0.05) is 44.5 Å². The molecular formula is C50H32N4O2. The molecule has 0 unspecified atom stereocenters. The summed E-state index contributed by atoms with van der Waals surface area (Å²) in [5.74, 6) is 0.921. The van der Waals surface area contributed by atoms with Gasteiger partial charge in [0.2, 0.25) is 0 Å². The summed E-state index contributed by atoms with van der Waals surface area (Å²) in [6.45, 7) is 0. The molecule has 0 saturated carbocycles. The van der Waals surface area contributed by atoms with E-state index in [1.54, 1.807) is 0 Å². The van der Waals surface area contributed by atoms with Gasteiger partial charge in [0.25, 0.3) is 0 Å². The van der Waals surface area contributed by atoms with Gasteiger partial charge in [0.15, 0.2) is 11.2 Å². The lowest BCUT2D eigenvalue weighted by atomic mass is 10.0. The summed E-state index contributed by atoms with van der Waals surface area (Å²) in [5.41, 5.74) is 12.7. The largest absolute Gasteiger partial charge is 0.454 e. The minimum absolute atomic E-state index is 0.601. The third kappa shape index (κ3) is 5.57. The van der Waals surface area contributed by atoms with Crippen LogP contribution in [0.5, 0.6) is 0 Å². The molecule has 10 rings (SSSR count). The number of hydrogen-bond acceptors (Lipinski definition) is 6. The van der Waals surface area contributed by atoms with Crippen LogP contribution in [0.15, 0.2) is 173 Å². The number of nitrogens with zero attached hydrogens (tertiary/aromatic N) is 4. The van der Waals surface area contributed by atoms with E-state index < -0.39 is 0 Å². The van der Waals surface area contributed by atoms with Crippen molar-refractivity contribution >= 4 is 73.1 Å². The number of furan rings is 2. The molecular weight excluding hydrogens is 689 g/mol. The van der Waals surface area contributed by atoms with E-state index in [1.165, 1.54) is 5.56 Å². The predicted octanol–water partition coefficient (Wildman–Crippen LogP) is 13.6. The molecule has 7 aromatic carbocycles. The third-order valence-electron chi connectivity index (χ3n) is 10.6. The standard InChI is InChI=1S/C50H32N4O2/c51-31-33-15-23-37(24-16-33)53(45-11-5-9-43-41-7-1-3-13-47(41)55-49(43)45)39-27-19-35(20-28-39)36-21-29-40(30-22-36)54(38-25-17-34(32-52)18-26-38)46-12-6-10-44-42-8-2-4-14-48(42)56-50(44)46/h1,3-7,9-30H,2,8H2. The molecule has 0 spiro atoms. The maximum absolute atomic E-state index is 9.52. The summed E-state index contributed by atoms with van der Waals surface area (Å²) in [4.78, 5) is 4.38. The minimum Gasteiger partial charge on any atom is -0.454 e. The summed E-state index contributed by atoms with van der Waals surface area (Å²) in [5, 5.41) is 22.3. The van der Waals surface area contributed by atoms with E-state index in [-0.39, 0.29) is 0 Å². The van der Waals surface area contributed by atoms with Crippen molar-refractivity contribution in [2.45, 2.75) is 12.8 Å². The first-order valence-corrected chi connectivity index (χ1v) is 18.6. The van der Waals surface area contributed by atoms with Gasteiger partial charge in [-0.05, 0) is 121 Å². The zero-order chi connectivity index (χ0) is 37.6. The molecule has 264 valence electrons. The number of benzene rings is 7. The van der Waals surface area contributed by atoms with E-state index >= 15 is 0 Å². The van der Waals surface area contributed by atoms with Gasteiger partial charge in [-0.25, -0.2) is 0 Å². The highest BCUT2D eigenvalue weighted by Gasteiger charge is 2.23. The fourth-order valence-electron chi connectivity index (χ4n) is 7.90. The molecule has 0 amide bonds. The van der Waals surface area contributed by atoms with Gasteiger partial charge in [-0.1, -0.05) is 72.8 Å². The van der Waals surface area contributed by atoms with E-state index in [1.807, 2.05) is 66.7 Å². The van der Waals surface area contributed by atoms with Crippen LogP contribution in [0, 0.1) is 22.7 Å². The van der Waals surface area contributed by atoms with Crippen LogP contribution >= 0.6 is 0 Å². The fourth-order valence-corrected chi connectivity index (χ4v) is 7.90. The lowest BCUT2D eigenvalue weighted by molar-refractivity contribution is 0.596. The lowest BCUT2D eigenvalue weighted by Gasteiger charge is -2.26. The van der Waals surface area contributed by atoms with Crippen molar-refractivity contribution in [3.05, 3.63) is 186 Å². The summed E-state index contributed by atoms with van der Waals surface area (Å²) < 4.78 is 13.0. The van der Waals surface area contributed by atoms with E-state index in [0.717, 1.165) is 96.8 Å². The van der Waals surface area contributed by atoms with Crippen LogP contribution in [-0.4, -0.2) is 0 Å². The Morgan fingerprint density at radius 2 is 0.946 bits per heavy atom. The quantitative estimate of drug-likeness (QED) is 0.163. The van der Waals surface area contributed by atoms with E-state index in [9.17, 15) is 10.5 Å². The van der Waals surface area contributed by atoms with Crippen LogP contribution in [0.4, 0.5) is 34.1 Å². The number of nitriles is 2. The van der Waals surface area contributed by atoms with Crippen LogP contribution in [-0.2, 0) is 6.42 Å². The molecule has 2 aromatic heterocycles. The smallest absolute Gasteiger partial charge is 0.159 e. The number of aryl methyl sites for hydroxylation is 1. The maximum Gasteiger partial charge on any atom is 0.159 e. The van der Waals surface area contributed by atoms with Gasteiger partial charge in [-0.15, -0.1) is 0 Å². The molecule has 6 nitrogen and oxygen atoms in total. The SMILES string of the molecule is N#Cc1ccc(N(c2ccc(-c3ccc(N(c4ccc(C#N)cc4)c4cccc5c4oc4ccccc45)cc3)cc2)c2cccc3c4c(oc23)C=CCC4)cc1. The molecule has 1 aliphatic rings. The zero-order valence-corrected chi connectivity index (χ0v) is 30.2. The Morgan fingerprint density at radius 3 is 1.50 bits per heavy atom. The average molecular weight is 721 g/mol. The van der Waals surface area contributed by atoms with Crippen LogP contribution in [0.2, 0.25) is 0 Å². The molecule has 0 N–H and O–H groups in total. The number of hydrogen-bond donors (Lipinski definition) is 0. The number of allylic oxidation sites excluding steroid dienone is 1. The molecule has 56 heavy (non-hydrogen) atoms. The normalized spacial score (nSPS) is 12.0. The van der Waals surface area contributed by atoms with Gasteiger partial charge in [0.1, 0.15) is 11.3 Å². The monoisotopic (exact) mass is 720 g/mol. The van der Waals surface area contributed by atoms with Crippen molar-refractivity contribution in [2.75, 3.05) is 9.80 Å². The van der Waals surface area contributed by atoms with Crippen molar-refractivity contribution in [3.63, 3.8) is 0 Å². The number of anilines is 6. The minimum atomic E-state index is 0.601. The maximum atomic E-state index is 9.52. The lowest BCUT2D eigenvalue weighted by Crippen LogP contribution is -2.10. The van der Waals surface area contributed by atoms with Crippen molar-refractivity contribution in [1.82, 2.24) is 0 Å². The van der Waals surface area contributed by atoms with Crippen LogP contribution < -0.4 is 9.80 Å². The molecule has 0 saturated heterocycles. The summed E-state index contributed by atoms with van der Waals surface area (Å²) in [6.07, 6.45) is 6.20. The number of fused-ring (bicyclic) bond motifs is 6. The Labute approximate surface area is 323 Å². The highest BCUT2D eigenvalue weighted by molar-refractivity contribution is 6.10. The molecule has 0 aliphatic heterocycles. The summed E-state index contributed by atoms with van der Waals surface area (Å²) in [7, 11) is 0. The molecule has 6 heteroatoms. The Balaban J connectivity index is 1.03. The molecule has 9 aromatic rings. The molecule has 0 radical (unpaired) electrons. The van der Waals surface area contributed by atoms with Crippen LogP contribution in [0.25, 0.3) is 50.1 Å². The van der Waals surface area contributed by atoms with Gasteiger partial charge in [-0.2, -0.15) is 10.5 Å². The number of rotatable bonds is 7. The van der Waals surface area contributed by atoms with Gasteiger partial charge >= 0.3 is 0 Å². The fraction of sp³-hybridized carbons (Fsp3) is 0.0400. The van der Waals surface area contributed by atoms with Crippen molar-refractivity contribution in [1.29, 1.82) is 10.5 Å². The van der Waals surface area contributed by atoms with Crippen molar-refractivity contribution < 1.29 is 8.83 Å². The second-order valence-corrected chi connectivity index (χ2v) is 13.9. The van der Waals surface area contributed by atoms with Gasteiger partial charge in [0.05, 0.1) is 34.6 Å². The topological polar surface area (TPSA) is 80.3 Å². The van der Waals surface area contributed by atoms with E-state index in [0.29, 0.717) is 11.1 Å². The summed E-state index contributed by atoms with van der Waals surface area (Å²) in [6, 6.07) is 57.5. The first-order chi connectivity index (χ1) is 27.7. The average Bonchev–Trinajstić information content (AvgIpc) is 3.85. The first-order valence-electron chi connectivity index (χ1n) is 18.6. The van der Waals surface area contributed by atoms with E-state index in [4.69, 9.17) is 8.83 Å². The van der Waals surface area contributed by atoms with Crippen LogP contribution in [0.3, 0.4) is 0 Å². The zero-order valence-electron chi connectivity index (χ0n) is 30.2. The van der Waals surface area contributed by atoms with Crippen LogP contribution in [0.1, 0.15) is 28.9 Å². The third-order valence-corrected chi connectivity index (χ3v) is 10.6. The van der Waals surface area contributed by atoms with Crippen molar-refractivity contribution in [3.8, 4) is 23.3 Å². The second kappa shape index (κ2) is 13.6. The van der Waals surface area contributed by atoms with Gasteiger partial charge in [-0.3, -0.25) is 0 Å². The Kier molecular flexibility index (Phi) is 7.95. The molecule has 0 atom stereocenters. The van der Waals surface area contributed by atoms with Crippen molar-refractivity contribution in [2.24, 2.45) is 0 Å². The highest BCUT2D eigenvalue weighted by atomic mass is 16.3. The second-order valence-electron chi connectivity index (χ2n) is 13.9. The molecule has 2 heterocycles. The Morgan fingerprint density at radius 1 is 0.464 bits per heavy atom. The Hall–Kier alpha value is -7.80. The highest BCUT2D eigenvalue weighted by Crippen LogP contribution is 2.45. The van der Waals surface area contributed by atoms with Gasteiger partial charge < -0.3 is 18.6 Å². The molecule has 1 aliphatic carbocycles. The Bertz CT molecular complexity index is 3030. The molecule has 0 fully saturated rings. The first kappa shape index (κ1) is 32.8. The number of para-hydroxylation sites is 3. The predicted molar refractivity (Wildman–Crippen MR) is 225 cm³/mol. The summed E-state index contributed by atoms with van der Waals surface area (Å²) >= 11 is 0. The van der Waals surface area contributed by atoms with E-state index in [2.05, 4.69) is 125 Å². The molecule has 0 bridgehead atoms.